The maximum Gasteiger partial charge on any atom is 0.223 e. The monoisotopic (exact) mass is 196 g/mol. The van der Waals surface area contributed by atoms with E-state index in [0.717, 1.165) is 12.8 Å². The van der Waals surface area contributed by atoms with Crippen molar-refractivity contribution >= 4 is 5.91 Å². The molecule has 0 saturated heterocycles. The van der Waals surface area contributed by atoms with Gasteiger partial charge in [-0.3, -0.25) is 4.79 Å². The van der Waals surface area contributed by atoms with Gasteiger partial charge in [0, 0.05) is 12.0 Å². The molecule has 2 aliphatic rings. The predicted molar refractivity (Wildman–Crippen MR) is 55.6 cm³/mol. The zero-order valence-corrected chi connectivity index (χ0v) is 8.83. The van der Waals surface area contributed by atoms with Crippen LogP contribution in [0.3, 0.4) is 0 Å². The Bertz CT molecular complexity index is 229. The van der Waals surface area contributed by atoms with Crippen LogP contribution in [-0.4, -0.2) is 18.5 Å². The number of nitrogens with two attached hydrogens (primary N) is 1. The van der Waals surface area contributed by atoms with Gasteiger partial charge in [0.05, 0.1) is 0 Å². The lowest BCUT2D eigenvalue weighted by molar-refractivity contribution is -0.123. The van der Waals surface area contributed by atoms with Crippen LogP contribution in [0.15, 0.2) is 0 Å². The minimum Gasteiger partial charge on any atom is -0.353 e. The minimum absolute atomic E-state index is 0.267. The number of hydrogen-bond acceptors (Lipinski definition) is 2. The summed E-state index contributed by atoms with van der Waals surface area (Å²) in [5, 5.41) is 3.15. The van der Waals surface area contributed by atoms with Crippen LogP contribution in [0.25, 0.3) is 0 Å². The van der Waals surface area contributed by atoms with Crippen molar-refractivity contribution in [2.24, 2.45) is 23.5 Å². The van der Waals surface area contributed by atoms with Crippen molar-refractivity contribution in [3.63, 3.8) is 0 Å². The second kappa shape index (κ2) is 3.89. The Labute approximate surface area is 85.4 Å². The SMILES string of the molecule is CC1CC1C(=O)NC1CCCC1CN. The summed E-state index contributed by atoms with van der Waals surface area (Å²) in [4.78, 5) is 11.7. The number of rotatable bonds is 3. The standard InChI is InChI=1S/C11H20N2O/c1-7-5-9(7)11(14)13-10-4-2-3-8(10)6-12/h7-10H,2-6,12H2,1H3,(H,13,14). The van der Waals surface area contributed by atoms with Crippen molar-refractivity contribution < 1.29 is 4.79 Å². The average Bonchev–Trinajstić information content (AvgIpc) is 2.74. The van der Waals surface area contributed by atoms with Crippen molar-refractivity contribution in [3.8, 4) is 0 Å². The molecule has 0 spiro atoms. The Morgan fingerprint density at radius 1 is 1.50 bits per heavy atom. The van der Waals surface area contributed by atoms with Gasteiger partial charge in [-0.2, -0.15) is 0 Å². The topological polar surface area (TPSA) is 55.1 Å². The van der Waals surface area contributed by atoms with Crippen molar-refractivity contribution in [1.82, 2.24) is 5.32 Å². The van der Waals surface area contributed by atoms with Crippen LogP contribution in [0.5, 0.6) is 0 Å². The Morgan fingerprint density at radius 2 is 2.21 bits per heavy atom. The van der Waals surface area contributed by atoms with Gasteiger partial charge in [0.25, 0.3) is 0 Å². The largest absolute Gasteiger partial charge is 0.353 e. The Balaban J connectivity index is 1.81. The molecule has 2 aliphatic carbocycles. The molecular weight excluding hydrogens is 176 g/mol. The number of hydrogen-bond donors (Lipinski definition) is 2. The van der Waals surface area contributed by atoms with Crippen LogP contribution in [0.1, 0.15) is 32.6 Å². The second-order valence-electron chi connectivity index (χ2n) is 4.86. The van der Waals surface area contributed by atoms with Gasteiger partial charge in [0.1, 0.15) is 0 Å². The highest BCUT2D eigenvalue weighted by Crippen LogP contribution is 2.38. The number of amides is 1. The van der Waals surface area contributed by atoms with Crippen LogP contribution >= 0.6 is 0 Å². The third-order valence-corrected chi connectivity index (χ3v) is 3.74. The lowest BCUT2D eigenvalue weighted by Gasteiger charge is -2.19. The van der Waals surface area contributed by atoms with E-state index in [1.165, 1.54) is 12.8 Å². The normalized spacial score (nSPS) is 41.0. The van der Waals surface area contributed by atoms with E-state index in [4.69, 9.17) is 5.73 Å². The number of carbonyl (C=O) groups is 1. The summed E-state index contributed by atoms with van der Waals surface area (Å²) in [6.07, 6.45) is 4.59. The second-order valence-corrected chi connectivity index (χ2v) is 4.86. The smallest absolute Gasteiger partial charge is 0.223 e. The fourth-order valence-corrected chi connectivity index (χ4v) is 2.49. The van der Waals surface area contributed by atoms with Crippen molar-refractivity contribution in [1.29, 1.82) is 0 Å². The quantitative estimate of drug-likeness (QED) is 0.704. The van der Waals surface area contributed by atoms with E-state index in [1.807, 2.05) is 0 Å². The zero-order chi connectivity index (χ0) is 10.1. The van der Waals surface area contributed by atoms with E-state index in [-0.39, 0.29) is 5.91 Å². The number of nitrogens with one attached hydrogen (secondary N) is 1. The van der Waals surface area contributed by atoms with E-state index >= 15 is 0 Å². The summed E-state index contributed by atoms with van der Waals surface area (Å²) < 4.78 is 0. The Morgan fingerprint density at radius 3 is 2.79 bits per heavy atom. The van der Waals surface area contributed by atoms with Gasteiger partial charge < -0.3 is 11.1 Å². The molecule has 1 amide bonds. The van der Waals surface area contributed by atoms with Crippen LogP contribution in [-0.2, 0) is 4.79 Å². The molecule has 2 saturated carbocycles. The third kappa shape index (κ3) is 1.92. The molecule has 0 aromatic carbocycles. The van der Waals surface area contributed by atoms with Gasteiger partial charge in [0.15, 0.2) is 0 Å². The molecule has 2 fully saturated rings. The molecule has 0 aliphatic heterocycles. The van der Waals surface area contributed by atoms with E-state index in [0.29, 0.717) is 30.3 Å². The molecular formula is C11H20N2O. The van der Waals surface area contributed by atoms with Gasteiger partial charge >= 0.3 is 0 Å². The lowest BCUT2D eigenvalue weighted by Crippen LogP contribution is -2.40. The van der Waals surface area contributed by atoms with Crippen LogP contribution in [0, 0.1) is 17.8 Å². The van der Waals surface area contributed by atoms with Crippen LogP contribution in [0.4, 0.5) is 0 Å². The highest BCUT2D eigenvalue weighted by atomic mass is 16.2. The molecule has 3 nitrogen and oxygen atoms in total. The Hall–Kier alpha value is -0.570. The van der Waals surface area contributed by atoms with Crippen molar-refractivity contribution in [2.75, 3.05) is 6.54 Å². The first kappa shape index (κ1) is 9.97. The molecule has 0 aromatic rings. The molecule has 2 rings (SSSR count). The van der Waals surface area contributed by atoms with Crippen LogP contribution in [0.2, 0.25) is 0 Å². The summed E-state index contributed by atoms with van der Waals surface area (Å²) in [6, 6.07) is 0.361. The first-order chi connectivity index (χ1) is 6.72. The fourth-order valence-electron chi connectivity index (χ4n) is 2.49. The molecule has 4 unspecified atom stereocenters. The molecule has 0 bridgehead atoms. The first-order valence-corrected chi connectivity index (χ1v) is 5.72. The maximum absolute atomic E-state index is 11.7. The summed E-state index contributed by atoms with van der Waals surface area (Å²) in [6.45, 7) is 2.85. The molecule has 4 atom stereocenters. The van der Waals surface area contributed by atoms with Crippen molar-refractivity contribution in [3.05, 3.63) is 0 Å². The maximum atomic E-state index is 11.7. The summed E-state index contributed by atoms with van der Waals surface area (Å²) in [5.41, 5.74) is 5.67. The van der Waals surface area contributed by atoms with Gasteiger partial charge in [-0.25, -0.2) is 0 Å². The van der Waals surface area contributed by atoms with Crippen LogP contribution < -0.4 is 11.1 Å². The highest BCUT2D eigenvalue weighted by molar-refractivity contribution is 5.81. The van der Waals surface area contributed by atoms with E-state index in [1.54, 1.807) is 0 Å². The van der Waals surface area contributed by atoms with E-state index < -0.39 is 0 Å². The van der Waals surface area contributed by atoms with Crippen molar-refractivity contribution in [2.45, 2.75) is 38.6 Å². The zero-order valence-electron chi connectivity index (χ0n) is 8.83. The van der Waals surface area contributed by atoms with Gasteiger partial charge in [-0.05, 0) is 37.6 Å². The van der Waals surface area contributed by atoms with Gasteiger partial charge in [-0.15, -0.1) is 0 Å². The molecule has 14 heavy (non-hydrogen) atoms. The fraction of sp³-hybridized carbons (Fsp3) is 0.909. The van der Waals surface area contributed by atoms with E-state index in [2.05, 4.69) is 12.2 Å². The minimum atomic E-state index is 0.267. The predicted octanol–water partition coefficient (Wildman–Crippen LogP) is 0.886. The molecule has 0 aromatic heterocycles. The van der Waals surface area contributed by atoms with Gasteiger partial charge in [-0.1, -0.05) is 13.3 Å². The number of carbonyl (C=O) groups excluding carboxylic acids is 1. The summed E-state index contributed by atoms with van der Waals surface area (Å²) in [7, 11) is 0. The first-order valence-electron chi connectivity index (χ1n) is 5.72. The molecule has 3 N–H and O–H groups in total. The summed E-state index contributed by atoms with van der Waals surface area (Å²) >= 11 is 0. The molecule has 0 radical (unpaired) electrons. The Kier molecular flexibility index (Phi) is 2.77. The van der Waals surface area contributed by atoms with Gasteiger partial charge in [0.2, 0.25) is 5.91 Å². The molecule has 80 valence electrons. The highest BCUT2D eigenvalue weighted by Gasteiger charge is 2.40. The molecule has 0 heterocycles. The third-order valence-electron chi connectivity index (χ3n) is 3.74. The average molecular weight is 196 g/mol. The molecule has 3 heteroatoms. The summed E-state index contributed by atoms with van der Waals surface area (Å²) in [5.74, 6) is 1.69. The van der Waals surface area contributed by atoms with E-state index in [9.17, 15) is 4.79 Å². The lowest BCUT2D eigenvalue weighted by atomic mass is 10.0.